The van der Waals surface area contributed by atoms with E-state index in [1.807, 2.05) is 19.1 Å². The SMILES string of the molecule is Cc1cc2c(NCCCc3ccc(-c4ccc(OC(F)(F)F)cc4)c(F)c3)nc(-c3ccoc3)nc2s1. The number of thiophene rings is 1. The van der Waals surface area contributed by atoms with E-state index in [0.29, 0.717) is 29.9 Å². The van der Waals surface area contributed by atoms with Gasteiger partial charge in [0, 0.05) is 17.0 Å². The average Bonchev–Trinajstić information content (AvgIpc) is 3.51. The number of halogens is 4. The van der Waals surface area contributed by atoms with E-state index in [-0.39, 0.29) is 5.75 Å². The summed E-state index contributed by atoms with van der Waals surface area (Å²) in [5.41, 5.74) is 2.39. The zero-order chi connectivity index (χ0) is 26.0. The summed E-state index contributed by atoms with van der Waals surface area (Å²) in [4.78, 5) is 11.4. The van der Waals surface area contributed by atoms with Gasteiger partial charge in [-0.25, -0.2) is 14.4 Å². The third-order valence-corrected chi connectivity index (χ3v) is 6.61. The summed E-state index contributed by atoms with van der Waals surface area (Å²) in [6.07, 6.45) is -0.217. The Kier molecular flexibility index (Phi) is 6.84. The lowest BCUT2D eigenvalue weighted by molar-refractivity contribution is -0.274. The van der Waals surface area contributed by atoms with Crippen LogP contribution < -0.4 is 10.1 Å². The van der Waals surface area contributed by atoms with Gasteiger partial charge in [0.1, 0.15) is 28.5 Å². The molecule has 0 amide bonds. The van der Waals surface area contributed by atoms with Crippen LogP contribution in [0.25, 0.3) is 32.7 Å². The Balaban J connectivity index is 1.23. The number of benzene rings is 2. The molecule has 0 unspecified atom stereocenters. The number of hydrogen-bond acceptors (Lipinski definition) is 6. The highest BCUT2D eigenvalue weighted by Gasteiger charge is 2.31. The first-order valence-electron chi connectivity index (χ1n) is 11.4. The third kappa shape index (κ3) is 5.91. The molecule has 0 spiro atoms. The average molecular weight is 528 g/mol. The standard InChI is InChI=1S/C27H21F4N3O2S/c1-16-13-22-25(33-24(34-26(22)37-16)19-10-12-35-15-19)32-11-2-3-17-4-9-21(23(28)14-17)18-5-7-20(8-6-18)36-27(29,30)31/h4-10,12-15H,2-3,11H2,1H3,(H,32,33,34). The van der Waals surface area contributed by atoms with E-state index in [2.05, 4.69) is 26.1 Å². The van der Waals surface area contributed by atoms with Crippen LogP contribution in [-0.4, -0.2) is 22.9 Å². The van der Waals surface area contributed by atoms with E-state index >= 15 is 0 Å². The maximum atomic E-state index is 14.8. The molecule has 3 heterocycles. The second kappa shape index (κ2) is 10.2. The number of nitrogens with zero attached hydrogens (tertiary/aromatic N) is 2. The number of furan rings is 1. The molecule has 2 aromatic carbocycles. The molecular weight excluding hydrogens is 506 g/mol. The molecule has 1 N–H and O–H groups in total. The van der Waals surface area contributed by atoms with Crippen molar-refractivity contribution < 1.29 is 26.7 Å². The van der Waals surface area contributed by atoms with Gasteiger partial charge < -0.3 is 14.5 Å². The molecule has 0 fully saturated rings. The summed E-state index contributed by atoms with van der Waals surface area (Å²) in [5, 5.41) is 4.34. The van der Waals surface area contributed by atoms with Crippen molar-refractivity contribution in [1.29, 1.82) is 0 Å². The second-order valence-corrected chi connectivity index (χ2v) is 9.64. The first-order valence-corrected chi connectivity index (χ1v) is 12.3. The molecule has 0 aliphatic carbocycles. The van der Waals surface area contributed by atoms with Gasteiger partial charge in [-0.15, -0.1) is 24.5 Å². The normalized spacial score (nSPS) is 11.7. The molecule has 0 radical (unpaired) electrons. The highest BCUT2D eigenvalue weighted by atomic mass is 32.1. The highest BCUT2D eigenvalue weighted by molar-refractivity contribution is 7.18. The van der Waals surface area contributed by atoms with Crippen molar-refractivity contribution in [1.82, 2.24) is 9.97 Å². The minimum atomic E-state index is -4.77. The summed E-state index contributed by atoms with van der Waals surface area (Å²) < 4.78 is 60.9. The first-order chi connectivity index (χ1) is 17.7. The Morgan fingerprint density at radius 3 is 2.51 bits per heavy atom. The van der Waals surface area contributed by atoms with Crippen molar-refractivity contribution in [3.05, 3.63) is 83.4 Å². The molecule has 37 heavy (non-hydrogen) atoms. The van der Waals surface area contributed by atoms with Crippen LogP contribution in [0.4, 0.5) is 23.4 Å². The summed E-state index contributed by atoms with van der Waals surface area (Å²) in [7, 11) is 0. The van der Waals surface area contributed by atoms with Gasteiger partial charge in [0.25, 0.3) is 0 Å². The van der Waals surface area contributed by atoms with Crippen molar-refractivity contribution >= 4 is 27.4 Å². The van der Waals surface area contributed by atoms with Crippen molar-refractivity contribution in [3.63, 3.8) is 0 Å². The number of aryl methyl sites for hydroxylation is 2. The van der Waals surface area contributed by atoms with Crippen LogP contribution in [0.5, 0.6) is 5.75 Å². The molecule has 3 aromatic heterocycles. The third-order valence-electron chi connectivity index (χ3n) is 5.66. The molecule has 190 valence electrons. The largest absolute Gasteiger partial charge is 0.573 e. The van der Waals surface area contributed by atoms with Gasteiger partial charge in [-0.3, -0.25) is 0 Å². The van der Waals surface area contributed by atoms with Gasteiger partial charge in [0.05, 0.1) is 17.2 Å². The topological polar surface area (TPSA) is 60.2 Å². The minimum Gasteiger partial charge on any atom is -0.472 e. The van der Waals surface area contributed by atoms with E-state index < -0.39 is 12.2 Å². The van der Waals surface area contributed by atoms with Crippen LogP contribution in [0.1, 0.15) is 16.9 Å². The van der Waals surface area contributed by atoms with Crippen molar-refractivity contribution in [3.8, 4) is 28.3 Å². The molecule has 0 saturated heterocycles. The molecule has 0 atom stereocenters. The maximum Gasteiger partial charge on any atom is 0.573 e. The number of rotatable bonds is 8. The summed E-state index contributed by atoms with van der Waals surface area (Å²) in [6, 6.07) is 13.9. The summed E-state index contributed by atoms with van der Waals surface area (Å²) in [6.45, 7) is 2.65. The summed E-state index contributed by atoms with van der Waals surface area (Å²) in [5.74, 6) is 0.536. The molecular formula is C27H21F4N3O2S. The van der Waals surface area contributed by atoms with Gasteiger partial charge in [-0.2, -0.15) is 0 Å². The minimum absolute atomic E-state index is 0.309. The molecule has 0 bridgehead atoms. The second-order valence-electron chi connectivity index (χ2n) is 8.40. The molecule has 0 aliphatic heterocycles. The van der Waals surface area contributed by atoms with Gasteiger partial charge in [0.15, 0.2) is 5.82 Å². The van der Waals surface area contributed by atoms with Crippen molar-refractivity contribution in [2.24, 2.45) is 0 Å². The van der Waals surface area contributed by atoms with Crippen LogP contribution in [0.15, 0.2) is 71.5 Å². The fourth-order valence-corrected chi connectivity index (χ4v) is 4.86. The van der Waals surface area contributed by atoms with E-state index in [1.165, 1.54) is 30.3 Å². The summed E-state index contributed by atoms with van der Waals surface area (Å²) >= 11 is 1.60. The number of fused-ring (bicyclic) bond motifs is 1. The zero-order valence-electron chi connectivity index (χ0n) is 19.6. The molecule has 10 heteroatoms. The Hall–Kier alpha value is -3.92. The van der Waals surface area contributed by atoms with E-state index in [9.17, 15) is 17.6 Å². The van der Waals surface area contributed by atoms with Crippen LogP contribution in [0.2, 0.25) is 0 Å². The van der Waals surface area contributed by atoms with Crippen molar-refractivity contribution in [2.45, 2.75) is 26.1 Å². The van der Waals surface area contributed by atoms with Gasteiger partial charge in [0.2, 0.25) is 0 Å². The lowest BCUT2D eigenvalue weighted by atomic mass is 10.0. The Bertz CT molecular complexity index is 1510. The predicted octanol–water partition coefficient (Wildman–Crippen LogP) is 8.01. The predicted molar refractivity (Wildman–Crippen MR) is 135 cm³/mol. The molecule has 0 aliphatic rings. The van der Waals surface area contributed by atoms with Crippen LogP contribution in [0.3, 0.4) is 0 Å². The number of nitrogens with one attached hydrogen (secondary N) is 1. The number of anilines is 1. The fourth-order valence-electron chi connectivity index (χ4n) is 3.98. The molecule has 5 nitrogen and oxygen atoms in total. The van der Waals surface area contributed by atoms with Gasteiger partial charge in [-0.1, -0.05) is 24.3 Å². The molecule has 0 saturated carbocycles. The highest BCUT2D eigenvalue weighted by Crippen LogP contribution is 2.32. The fraction of sp³-hybridized carbons (Fsp3) is 0.185. The number of ether oxygens (including phenoxy) is 1. The number of alkyl halides is 3. The molecule has 5 rings (SSSR count). The first kappa shape index (κ1) is 24.8. The zero-order valence-corrected chi connectivity index (χ0v) is 20.4. The van der Waals surface area contributed by atoms with Crippen LogP contribution >= 0.6 is 11.3 Å². The van der Waals surface area contributed by atoms with E-state index in [4.69, 9.17) is 4.42 Å². The Labute approximate surface area is 213 Å². The lowest BCUT2D eigenvalue weighted by Gasteiger charge is -2.11. The van der Waals surface area contributed by atoms with Crippen molar-refractivity contribution in [2.75, 3.05) is 11.9 Å². The van der Waals surface area contributed by atoms with E-state index in [1.54, 1.807) is 29.9 Å². The number of hydrogen-bond donors (Lipinski definition) is 1. The lowest BCUT2D eigenvalue weighted by Crippen LogP contribution is -2.16. The Morgan fingerprint density at radius 1 is 1.00 bits per heavy atom. The maximum absolute atomic E-state index is 14.8. The Morgan fingerprint density at radius 2 is 1.81 bits per heavy atom. The van der Waals surface area contributed by atoms with Gasteiger partial charge in [-0.05, 0) is 61.2 Å². The molecule has 5 aromatic rings. The van der Waals surface area contributed by atoms with Crippen LogP contribution in [-0.2, 0) is 6.42 Å². The smallest absolute Gasteiger partial charge is 0.472 e. The van der Waals surface area contributed by atoms with Crippen LogP contribution in [0, 0.1) is 12.7 Å². The quantitative estimate of drug-likeness (QED) is 0.164. The van der Waals surface area contributed by atoms with Gasteiger partial charge >= 0.3 is 6.36 Å². The number of aromatic nitrogens is 2. The monoisotopic (exact) mass is 527 g/mol. The van der Waals surface area contributed by atoms with E-state index in [0.717, 1.165) is 38.5 Å².